The molecule has 1 saturated heterocycles. The molecule has 1 aliphatic heterocycles. The summed E-state index contributed by atoms with van der Waals surface area (Å²) in [6.07, 6.45) is 1.84. The normalized spacial score (nSPS) is 14.9. The van der Waals surface area contributed by atoms with E-state index in [1.165, 1.54) is 5.69 Å². The summed E-state index contributed by atoms with van der Waals surface area (Å²) in [4.78, 5) is 21.5. The lowest BCUT2D eigenvalue weighted by Crippen LogP contribution is -2.48. The highest BCUT2D eigenvalue weighted by Crippen LogP contribution is 2.30. The number of benzene rings is 1. The van der Waals surface area contributed by atoms with Crippen LogP contribution in [0.4, 0.5) is 5.69 Å². The highest BCUT2D eigenvalue weighted by molar-refractivity contribution is 9.10. The molecule has 1 aromatic carbocycles. The molecule has 0 unspecified atom stereocenters. The molecule has 6 heteroatoms. The van der Waals surface area contributed by atoms with Gasteiger partial charge in [-0.25, -0.2) is 0 Å². The second-order valence-electron chi connectivity index (χ2n) is 6.57. The molecule has 26 heavy (non-hydrogen) atoms. The third kappa shape index (κ3) is 2.98. The maximum atomic E-state index is 12.8. The zero-order chi connectivity index (χ0) is 18.3. The summed E-state index contributed by atoms with van der Waals surface area (Å²) in [5.74, 6) is 1.53. The number of aromatic nitrogens is 1. The van der Waals surface area contributed by atoms with E-state index in [-0.39, 0.29) is 5.91 Å². The molecule has 3 heterocycles. The Labute approximate surface area is 160 Å². The number of carbonyl (C=O) groups excluding carboxylic acids is 1. The van der Waals surface area contributed by atoms with Crippen molar-refractivity contribution in [3.8, 4) is 0 Å². The van der Waals surface area contributed by atoms with Gasteiger partial charge in [0.25, 0.3) is 5.91 Å². The lowest BCUT2D eigenvalue weighted by Gasteiger charge is -2.36. The van der Waals surface area contributed by atoms with Gasteiger partial charge in [-0.15, -0.1) is 0 Å². The van der Waals surface area contributed by atoms with Crippen molar-refractivity contribution in [3.05, 3.63) is 58.1 Å². The minimum atomic E-state index is 0.0568. The van der Waals surface area contributed by atoms with Crippen LogP contribution in [0.2, 0.25) is 0 Å². The number of anilines is 1. The van der Waals surface area contributed by atoms with E-state index in [9.17, 15) is 4.79 Å². The van der Waals surface area contributed by atoms with E-state index >= 15 is 0 Å². The number of hydrogen-bond acceptors (Lipinski definition) is 4. The molecule has 0 radical (unpaired) electrons. The van der Waals surface area contributed by atoms with Crippen molar-refractivity contribution < 1.29 is 9.21 Å². The fourth-order valence-electron chi connectivity index (χ4n) is 3.57. The maximum absolute atomic E-state index is 12.8. The third-order valence-corrected chi connectivity index (χ3v) is 5.52. The average Bonchev–Trinajstić information content (AvgIpc) is 2.99. The van der Waals surface area contributed by atoms with Crippen molar-refractivity contribution in [2.75, 3.05) is 31.1 Å². The molecule has 1 aliphatic rings. The summed E-state index contributed by atoms with van der Waals surface area (Å²) in [6.45, 7) is 6.70. The average molecular weight is 414 g/mol. The van der Waals surface area contributed by atoms with Gasteiger partial charge in [-0.3, -0.25) is 9.78 Å². The molecule has 5 nitrogen and oxygen atoms in total. The number of amides is 1. The summed E-state index contributed by atoms with van der Waals surface area (Å²) in [6, 6.07) is 10.0. The monoisotopic (exact) mass is 413 g/mol. The lowest BCUT2D eigenvalue weighted by atomic mass is 10.1. The van der Waals surface area contributed by atoms with Crippen LogP contribution in [0.15, 0.2) is 45.4 Å². The Hall–Kier alpha value is -2.34. The van der Waals surface area contributed by atoms with Crippen LogP contribution in [0.1, 0.15) is 21.9 Å². The van der Waals surface area contributed by atoms with Crippen molar-refractivity contribution in [1.82, 2.24) is 9.88 Å². The smallest absolute Gasteiger partial charge is 0.257 e. The standard InChI is InChI=1S/C20H20BrN3O2/c1-13-12-16(14(2)26-13)20(25)24-10-8-23(9-11-24)18-6-7-22-19-15(18)4-3-5-17(19)21/h3-7,12H,8-11H2,1-2H3. The first kappa shape index (κ1) is 17.1. The predicted molar refractivity (Wildman–Crippen MR) is 106 cm³/mol. The van der Waals surface area contributed by atoms with Gasteiger partial charge in [0.15, 0.2) is 0 Å². The zero-order valence-corrected chi connectivity index (χ0v) is 16.4. The first-order valence-corrected chi connectivity index (χ1v) is 9.48. The number of fused-ring (bicyclic) bond motifs is 1. The van der Waals surface area contributed by atoms with Crippen LogP contribution in [0.3, 0.4) is 0 Å². The van der Waals surface area contributed by atoms with Crippen molar-refractivity contribution in [1.29, 1.82) is 0 Å². The van der Waals surface area contributed by atoms with E-state index < -0.39 is 0 Å². The SMILES string of the molecule is Cc1cc(C(=O)N2CCN(c3ccnc4c(Br)cccc34)CC2)c(C)o1. The van der Waals surface area contributed by atoms with Gasteiger partial charge >= 0.3 is 0 Å². The number of rotatable bonds is 2. The van der Waals surface area contributed by atoms with Crippen LogP contribution in [0, 0.1) is 13.8 Å². The Kier molecular flexibility index (Phi) is 4.44. The molecule has 1 fully saturated rings. The van der Waals surface area contributed by atoms with Crippen LogP contribution in [0.25, 0.3) is 10.9 Å². The number of aryl methyl sites for hydroxylation is 2. The van der Waals surface area contributed by atoms with E-state index in [1.807, 2.05) is 43.1 Å². The van der Waals surface area contributed by atoms with Crippen molar-refractivity contribution in [2.24, 2.45) is 0 Å². The number of para-hydroxylation sites is 1. The fourth-order valence-corrected chi connectivity index (χ4v) is 4.03. The molecule has 2 aromatic heterocycles. The van der Waals surface area contributed by atoms with Gasteiger partial charge in [0.2, 0.25) is 0 Å². The van der Waals surface area contributed by atoms with Crippen LogP contribution in [0.5, 0.6) is 0 Å². The highest BCUT2D eigenvalue weighted by atomic mass is 79.9. The van der Waals surface area contributed by atoms with Gasteiger partial charge in [0, 0.05) is 47.9 Å². The minimum Gasteiger partial charge on any atom is -0.466 e. The molecule has 0 aliphatic carbocycles. The molecule has 4 rings (SSSR count). The summed E-state index contributed by atoms with van der Waals surface area (Å²) < 4.78 is 6.50. The molecule has 0 atom stereocenters. The Balaban J connectivity index is 1.53. The first-order valence-electron chi connectivity index (χ1n) is 8.69. The second kappa shape index (κ2) is 6.76. The Morgan fingerprint density at radius 3 is 2.62 bits per heavy atom. The maximum Gasteiger partial charge on any atom is 0.257 e. The largest absolute Gasteiger partial charge is 0.466 e. The number of hydrogen-bond donors (Lipinski definition) is 0. The van der Waals surface area contributed by atoms with Gasteiger partial charge in [-0.1, -0.05) is 12.1 Å². The van der Waals surface area contributed by atoms with Crippen molar-refractivity contribution in [3.63, 3.8) is 0 Å². The molecule has 0 bridgehead atoms. The number of halogens is 1. The fraction of sp³-hybridized carbons (Fsp3) is 0.300. The molecule has 0 saturated carbocycles. The number of carbonyl (C=O) groups is 1. The summed E-state index contributed by atoms with van der Waals surface area (Å²) in [5.41, 5.74) is 2.81. The Morgan fingerprint density at radius 1 is 1.15 bits per heavy atom. The van der Waals surface area contributed by atoms with E-state index in [2.05, 4.69) is 37.9 Å². The molecule has 3 aromatic rings. The predicted octanol–water partition coefficient (Wildman–Crippen LogP) is 4.17. The summed E-state index contributed by atoms with van der Waals surface area (Å²) in [7, 11) is 0. The zero-order valence-electron chi connectivity index (χ0n) is 14.8. The van der Waals surface area contributed by atoms with Crippen LogP contribution < -0.4 is 4.90 Å². The van der Waals surface area contributed by atoms with Crippen LogP contribution in [-0.4, -0.2) is 42.0 Å². The quantitative estimate of drug-likeness (QED) is 0.632. The van der Waals surface area contributed by atoms with E-state index in [0.29, 0.717) is 24.4 Å². The minimum absolute atomic E-state index is 0.0568. The molecular formula is C20H20BrN3O2. The number of piperazine rings is 1. The van der Waals surface area contributed by atoms with Crippen molar-refractivity contribution >= 4 is 38.4 Å². The third-order valence-electron chi connectivity index (χ3n) is 4.88. The van der Waals surface area contributed by atoms with E-state index in [4.69, 9.17) is 4.42 Å². The Bertz CT molecular complexity index is 974. The molecule has 134 valence electrons. The number of furan rings is 1. The number of pyridine rings is 1. The number of nitrogens with zero attached hydrogens (tertiary/aromatic N) is 3. The van der Waals surface area contributed by atoms with Gasteiger partial charge in [0.1, 0.15) is 11.5 Å². The molecular weight excluding hydrogens is 394 g/mol. The van der Waals surface area contributed by atoms with Crippen molar-refractivity contribution in [2.45, 2.75) is 13.8 Å². The van der Waals surface area contributed by atoms with Gasteiger partial charge in [-0.2, -0.15) is 0 Å². The topological polar surface area (TPSA) is 49.6 Å². The molecule has 1 amide bonds. The van der Waals surface area contributed by atoms with E-state index in [1.54, 1.807) is 0 Å². The second-order valence-corrected chi connectivity index (χ2v) is 7.43. The van der Waals surface area contributed by atoms with Crippen LogP contribution >= 0.6 is 15.9 Å². The van der Waals surface area contributed by atoms with Gasteiger partial charge in [-0.05, 0) is 48.0 Å². The highest BCUT2D eigenvalue weighted by Gasteiger charge is 2.25. The summed E-state index contributed by atoms with van der Waals surface area (Å²) in [5, 5.41) is 1.13. The van der Waals surface area contributed by atoms with Crippen LogP contribution in [-0.2, 0) is 0 Å². The first-order chi connectivity index (χ1) is 12.5. The Morgan fingerprint density at radius 2 is 1.92 bits per heavy atom. The molecule has 0 spiro atoms. The summed E-state index contributed by atoms with van der Waals surface area (Å²) >= 11 is 3.58. The van der Waals surface area contributed by atoms with Gasteiger partial charge < -0.3 is 14.2 Å². The van der Waals surface area contributed by atoms with Gasteiger partial charge in [0.05, 0.1) is 11.1 Å². The lowest BCUT2D eigenvalue weighted by molar-refractivity contribution is 0.0745. The van der Waals surface area contributed by atoms with E-state index in [0.717, 1.165) is 34.2 Å². The molecule has 0 N–H and O–H groups in total.